The predicted molar refractivity (Wildman–Crippen MR) is 65.4 cm³/mol. The molecule has 0 aromatic carbocycles. The summed E-state index contributed by atoms with van der Waals surface area (Å²) in [4.78, 5) is 0. The van der Waals surface area contributed by atoms with Crippen molar-refractivity contribution in [1.29, 1.82) is 0 Å². The Labute approximate surface area is 89.9 Å². The Kier molecular flexibility index (Phi) is 6.11. The van der Waals surface area contributed by atoms with Crippen molar-refractivity contribution >= 4 is 12.6 Å². The Balaban J connectivity index is 4.15. The second-order valence-electron chi connectivity index (χ2n) is 4.84. The van der Waals surface area contributed by atoms with Gasteiger partial charge in [-0.05, 0) is 23.7 Å². The zero-order valence-corrected chi connectivity index (χ0v) is 10.9. The van der Waals surface area contributed by atoms with Gasteiger partial charge in [0, 0.05) is 5.25 Å². The van der Waals surface area contributed by atoms with Crippen molar-refractivity contribution in [2.75, 3.05) is 0 Å². The van der Waals surface area contributed by atoms with E-state index in [0.29, 0.717) is 11.2 Å². The van der Waals surface area contributed by atoms with Gasteiger partial charge in [-0.2, -0.15) is 12.6 Å². The maximum absolute atomic E-state index is 4.75. The Morgan fingerprint density at radius 1 is 0.923 bits per heavy atom. The lowest BCUT2D eigenvalue weighted by molar-refractivity contribution is 0.281. The van der Waals surface area contributed by atoms with Crippen LogP contribution in [0.2, 0.25) is 0 Å². The van der Waals surface area contributed by atoms with Crippen LogP contribution in [0.3, 0.4) is 0 Å². The van der Waals surface area contributed by atoms with Crippen molar-refractivity contribution in [3.8, 4) is 0 Å². The maximum Gasteiger partial charge on any atom is 0.00730 e. The van der Waals surface area contributed by atoms with Crippen molar-refractivity contribution in [2.45, 2.75) is 53.2 Å². The van der Waals surface area contributed by atoms with Gasteiger partial charge in [0.15, 0.2) is 0 Å². The molecule has 13 heavy (non-hydrogen) atoms. The zero-order chi connectivity index (χ0) is 10.6. The van der Waals surface area contributed by atoms with E-state index in [0.717, 1.165) is 17.8 Å². The van der Waals surface area contributed by atoms with E-state index in [-0.39, 0.29) is 0 Å². The summed E-state index contributed by atoms with van der Waals surface area (Å²) in [6, 6.07) is 0. The molecule has 0 radical (unpaired) electrons. The van der Waals surface area contributed by atoms with Gasteiger partial charge in [-0.1, -0.05) is 48.0 Å². The summed E-state index contributed by atoms with van der Waals surface area (Å²) < 4.78 is 0. The molecule has 0 spiro atoms. The van der Waals surface area contributed by atoms with Crippen LogP contribution < -0.4 is 0 Å². The van der Waals surface area contributed by atoms with Crippen LogP contribution >= 0.6 is 12.6 Å². The first kappa shape index (κ1) is 13.4. The van der Waals surface area contributed by atoms with E-state index in [2.05, 4.69) is 41.5 Å². The van der Waals surface area contributed by atoms with E-state index in [1.54, 1.807) is 0 Å². The topological polar surface area (TPSA) is 0 Å². The molecule has 1 heteroatoms. The number of thiol groups is 1. The SMILES string of the molecule is CCC(C)C(C)C(S)C(C)C(C)C. The third-order valence-corrected chi connectivity index (χ3v) is 4.61. The van der Waals surface area contributed by atoms with Gasteiger partial charge >= 0.3 is 0 Å². The molecule has 0 aromatic rings. The molecule has 0 rings (SSSR count). The smallest absolute Gasteiger partial charge is 0.00730 e. The predicted octanol–water partition coefficient (Wildman–Crippen LogP) is 4.26. The maximum atomic E-state index is 4.75. The standard InChI is InChI=1S/C12H26S/c1-7-9(4)11(6)12(13)10(5)8(2)3/h8-13H,7H2,1-6H3. The van der Waals surface area contributed by atoms with E-state index in [9.17, 15) is 0 Å². The van der Waals surface area contributed by atoms with E-state index < -0.39 is 0 Å². The van der Waals surface area contributed by atoms with Crippen LogP contribution in [-0.2, 0) is 0 Å². The van der Waals surface area contributed by atoms with Crippen molar-refractivity contribution < 1.29 is 0 Å². The third-order valence-electron chi connectivity index (χ3n) is 3.67. The lowest BCUT2D eigenvalue weighted by Crippen LogP contribution is -2.28. The average molecular weight is 202 g/mol. The molecule has 0 fully saturated rings. The minimum Gasteiger partial charge on any atom is -0.175 e. The Bertz CT molecular complexity index is 131. The molecule has 0 saturated carbocycles. The molecule has 80 valence electrons. The lowest BCUT2D eigenvalue weighted by atomic mass is 9.81. The molecule has 0 aromatic heterocycles. The van der Waals surface area contributed by atoms with Crippen molar-refractivity contribution in [2.24, 2.45) is 23.7 Å². The van der Waals surface area contributed by atoms with Gasteiger partial charge in [0.2, 0.25) is 0 Å². The summed E-state index contributed by atoms with van der Waals surface area (Å²) in [6.45, 7) is 13.8. The van der Waals surface area contributed by atoms with Gasteiger partial charge in [-0.15, -0.1) is 0 Å². The molecular weight excluding hydrogens is 176 g/mol. The van der Waals surface area contributed by atoms with Gasteiger partial charge in [0.05, 0.1) is 0 Å². The Morgan fingerprint density at radius 2 is 1.38 bits per heavy atom. The van der Waals surface area contributed by atoms with E-state index in [4.69, 9.17) is 12.6 Å². The van der Waals surface area contributed by atoms with Gasteiger partial charge in [0.1, 0.15) is 0 Å². The molecule has 0 aliphatic carbocycles. The fraction of sp³-hybridized carbons (Fsp3) is 1.00. The summed E-state index contributed by atoms with van der Waals surface area (Å²) in [5.74, 6) is 2.98. The van der Waals surface area contributed by atoms with E-state index >= 15 is 0 Å². The molecule has 4 unspecified atom stereocenters. The van der Waals surface area contributed by atoms with Gasteiger partial charge < -0.3 is 0 Å². The Hall–Kier alpha value is 0.350. The van der Waals surface area contributed by atoms with Crippen LogP contribution in [0.4, 0.5) is 0 Å². The van der Waals surface area contributed by atoms with Gasteiger partial charge in [-0.25, -0.2) is 0 Å². The molecule has 0 heterocycles. The highest BCUT2D eigenvalue weighted by Crippen LogP contribution is 2.30. The number of hydrogen-bond acceptors (Lipinski definition) is 1. The summed E-state index contributed by atoms with van der Waals surface area (Å²) in [5, 5.41) is 0.551. The molecule has 0 amide bonds. The summed E-state index contributed by atoms with van der Waals surface area (Å²) in [5.41, 5.74) is 0. The third kappa shape index (κ3) is 3.93. The molecule has 0 saturated heterocycles. The quantitative estimate of drug-likeness (QED) is 0.633. The van der Waals surface area contributed by atoms with Gasteiger partial charge in [0.25, 0.3) is 0 Å². The molecule has 0 N–H and O–H groups in total. The minimum absolute atomic E-state index is 0.551. The fourth-order valence-corrected chi connectivity index (χ4v) is 2.22. The number of hydrogen-bond donors (Lipinski definition) is 1. The molecule has 0 bridgehead atoms. The first-order chi connectivity index (χ1) is 5.91. The monoisotopic (exact) mass is 202 g/mol. The molecule has 4 atom stereocenters. The highest BCUT2D eigenvalue weighted by atomic mass is 32.1. The summed E-state index contributed by atoms with van der Waals surface area (Å²) in [6.07, 6.45) is 1.27. The van der Waals surface area contributed by atoms with E-state index in [1.165, 1.54) is 6.42 Å². The second kappa shape index (κ2) is 5.95. The Morgan fingerprint density at radius 3 is 1.69 bits per heavy atom. The van der Waals surface area contributed by atoms with Crippen molar-refractivity contribution in [3.63, 3.8) is 0 Å². The van der Waals surface area contributed by atoms with Crippen LogP contribution in [0.25, 0.3) is 0 Å². The molecule has 0 aliphatic heterocycles. The highest BCUT2D eigenvalue weighted by molar-refractivity contribution is 7.81. The van der Waals surface area contributed by atoms with Crippen molar-refractivity contribution in [1.82, 2.24) is 0 Å². The largest absolute Gasteiger partial charge is 0.175 e. The summed E-state index contributed by atoms with van der Waals surface area (Å²) >= 11 is 4.75. The van der Waals surface area contributed by atoms with Crippen LogP contribution in [0.15, 0.2) is 0 Å². The van der Waals surface area contributed by atoms with Gasteiger partial charge in [-0.3, -0.25) is 0 Å². The van der Waals surface area contributed by atoms with Crippen LogP contribution in [-0.4, -0.2) is 5.25 Å². The van der Waals surface area contributed by atoms with Crippen molar-refractivity contribution in [3.05, 3.63) is 0 Å². The molecule has 0 nitrogen and oxygen atoms in total. The summed E-state index contributed by atoms with van der Waals surface area (Å²) in [7, 11) is 0. The average Bonchev–Trinajstić information content (AvgIpc) is 2.12. The van der Waals surface area contributed by atoms with E-state index in [1.807, 2.05) is 0 Å². The number of rotatable bonds is 5. The minimum atomic E-state index is 0.551. The zero-order valence-electron chi connectivity index (χ0n) is 10.0. The lowest BCUT2D eigenvalue weighted by Gasteiger charge is -2.31. The first-order valence-corrected chi connectivity index (χ1v) is 6.11. The van der Waals surface area contributed by atoms with Crippen LogP contribution in [0.5, 0.6) is 0 Å². The normalized spacial score (nSPS) is 21.2. The molecular formula is C12H26S. The molecule has 0 aliphatic rings. The highest BCUT2D eigenvalue weighted by Gasteiger charge is 2.25. The second-order valence-corrected chi connectivity index (χ2v) is 5.43. The van der Waals surface area contributed by atoms with Crippen LogP contribution in [0, 0.1) is 23.7 Å². The van der Waals surface area contributed by atoms with Crippen LogP contribution in [0.1, 0.15) is 48.0 Å². The first-order valence-electron chi connectivity index (χ1n) is 5.59. The fourth-order valence-electron chi connectivity index (χ4n) is 1.58.